The van der Waals surface area contributed by atoms with Crippen LogP contribution in [0.5, 0.6) is 0 Å². The molecule has 0 radical (unpaired) electrons. The number of aliphatic hydroxyl groups is 1. The van der Waals surface area contributed by atoms with Gasteiger partial charge in [-0.2, -0.15) is 22.8 Å². The van der Waals surface area contributed by atoms with Gasteiger partial charge in [-0.05, 0) is 18.2 Å². The number of hydrogen-bond donors (Lipinski definition) is 2. The van der Waals surface area contributed by atoms with E-state index in [1.807, 2.05) is 0 Å². The fourth-order valence-corrected chi connectivity index (χ4v) is 2.90. The standard InChI is InChI=1S/C19H12F5N5O/c20-10-7-13(21)17(26-8-10)18(30)27-16-9-25-15-6-5-14(28-29(15)16)11-3-1-2-4-12(11)19(22,23)24/h1-9,18,27,30H. The number of benzene rings is 1. The van der Waals surface area contributed by atoms with Crippen LogP contribution in [0.25, 0.3) is 16.9 Å². The third kappa shape index (κ3) is 3.66. The highest BCUT2D eigenvalue weighted by Gasteiger charge is 2.33. The highest BCUT2D eigenvalue weighted by molar-refractivity contribution is 5.66. The van der Waals surface area contributed by atoms with Crippen LogP contribution in [0.15, 0.2) is 54.9 Å². The van der Waals surface area contributed by atoms with Crippen LogP contribution in [0.2, 0.25) is 0 Å². The molecule has 3 aromatic heterocycles. The van der Waals surface area contributed by atoms with Gasteiger partial charge in [0.25, 0.3) is 0 Å². The van der Waals surface area contributed by atoms with Crippen LogP contribution in [-0.2, 0) is 6.18 Å². The number of nitrogens with zero attached hydrogens (tertiary/aromatic N) is 4. The zero-order chi connectivity index (χ0) is 21.5. The summed E-state index contributed by atoms with van der Waals surface area (Å²) in [4.78, 5) is 7.54. The SMILES string of the molecule is OC(Nc1cnc2ccc(-c3ccccc3C(F)(F)F)nn12)c1ncc(F)cc1F. The Hall–Kier alpha value is -3.60. The first-order chi connectivity index (χ1) is 14.2. The second-order valence-corrected chi connectivity index (χ2v) is 6.24. The third-order valence-electron chi connectivity index (χ3n) is 4.25. The Balaban J connectivity index is 1.73. The largest absolute Gasteiger partial charge is 0.417 e. The lowest BCUT2D eigenvalue weighted by Crippen LogP contribution is -2.15. The van der Waals surface area contributed by atoms with Gasteiger partial charge >= 0.3 is 6.18 Å². The first kappa shape index (κ1) is 19.7. The topological polar surface area (TPSA) is 75.3 Å². The van der Waals surface area contributed by atoms with E-state index in [-0.39, 0.29) is 22.7 Å². The van der Waals surface area contributed by atoms with E-state index in [9.17, 15) is 27.1 Å². The maximum atomic E-state index is 13.8. The summed E-state index contributed by atoms with van der Waals surface area (Å²) in [5, 5.41) is 16.9. The van der Waals surface area contributed by atoms with Gasteiger partial charge in [0, 0.05) is 11.6 Å². The molecule has 11 heteroatoms. The summed E-state index contributed by atoms with van der Waals surface area (Å²) >= 11 is 0. The zero-order valence-electron chi connectivity index (χ0n) is 14.9. The molecule has 154 valence electrons. The number of nitrogens with one attached hydrogen (secondary N) is 1. The monoisotopic (exact) mass is 421 g/mol. The van der Waals surface area contributed by atoms with E-state index < -0.39 is 35.3 Å². The third-order valence-corrected chi connectivity index (χ3v) is 4.25. The molecule has 30 heavy (non-hydrogen) atoms. The number of pyridine rings is 1. The molecule has 0 saturated carbocycles. The Morgan fingerprint density at radius 2 is 1.77 bits per heavy atom. The zero-order valence-corrected chi connectivity index (χ0v) is 14.9. The van der Waals surface area contributed by atoms with Crippen molar-refractivity contribution < 1.29 is 27.1 Å². The van der Waals surface area contributed by atoms with Gasteiger partial charge in [0.05, 0.1) is 23.7 Å². The number of aromatic nitrogens is 4. The van der Waals surface area contributed by atoms with Crippen LogP contribution < -0.4 is 5.32 Å². The minimum absolute atomic E-state index is 0.0112. The number of halogens is 5. The van der Waals surface area contributed by atoms with E-state index >= 15 is 0 Å². The quantitative estimate of drug-likeness (QED) is 0.382. The van der Waals surface area contributed by atoms with Crippen molar-refractivity contribution in [1.29, 1.82) is 0 Å². The number of imidazole rings is 1. The molecule has 0 fully saturated rings. The van der Waals surface area contributed by atoms with Crippen LogP contribution in [0.1, 0.15) is 17.5 Å². The van der Waals surface area contributed by atoms with Gasteiger partial charge in [0.15, 0.2) is 23.5 Å². The minimum Gasteiger partial charge on any atom is -0.368 e. The highest BCUT2D eigenvalue weighted by atomic mass is 19.4. The van der Waals surface area contributed by atoms with E-state index in [2.05, 4.69) is 20.4 Å². The Kier molecular flexibility index (Phi) is 4.82. The van der Waals surface area contributed by atoms with Gasteiger partial charge in [0.1, 0.15) is 11.5 Å². The maximum Gasteiger partial charge on any atom is 0.417 e. The molecule has 1 atom stereocenters. The maximum absolute atomic E-state index is 13.8. The lowest BCUT2D eigenvalue weighted by atomic mass is 10.0. The summed E-state index contributed by atoms with van der Waals surface area (Å²) in [5.74, 6) is -1.92. The van der Waals surface area contributed by atoms with Crippen molar-refractivity contribution in [2.24, 2.45) is 0 Å². The van der Waals surface area contributed by atoms with Crippen molar-refractivity contribution in [2.45, 2.75) is 12.4 Å². The molecular formula is C19H12F5N5O. The number of rotatable bonds is 4. The molecule has 0 aliphatic rings. The molecule has 0 aliphatic heterocycles. The molecule has 2 N–H and O–H groups in total. The highest BCUT2D eigenvalue weighted by Crippen LogP contribution is 2.36. The molecule has 4 rings (SSSR count). The molecule has 0 amide bonds. The summed E-state index contributed by atoms with van der Waals surface area (Å²) in [6, 6.07) is 8.35. The fraction of sp³-hybridized carbons (Fsp3) is 0.105. The Morgan fingerprint density at radius 3 is 2.50 bits per heavy atom. The molecular weight excluding hydrogens is 409 g/mol. The summed E-state index contributed by atoms with van der Waals surface area (Å²) in [7, 11) is 0. The molecule has 1 aromatic carbocycles. The van der Waals surface area contributed by atoms with E-state index in [1.165, 1.54) is 36.5 Å². The minimum atomic E-state index is -4.58. The van der Waals surface area contributed by atoms with Gasteiger partial charge in [-0.3, -0.25) is 4.98 Å². The van der Waals surface area contributed by atoms with E-state index in [0.717, 1.165) is 16.8 Å². The average Bonchev–Trinajstić information content (AvgIpc) is 3.09. The van der Waals surface area contributed by atoms with Crippen molar-refractivity contribution in [3.05, 3.63) is 77.8 Å². The summed E-state index contributed by atoms with van der Waals surface area (Å²) in [5.41, 5.74) is -1.19. The summed E-state index contributed by atoms with van der Waals surface area (Å²) in [6.45, 7) is 0. The van der Waals surface area contributed by atoms with Gasteiger partial charge in [-0.15, -0.1) is 0 Å². The van der Waals surface area contributed by atoms with E-state index in [0.29, 0.717) is 6.07 Å². The van der Waals surface area contributed by atoms with E-state index in [4.69, 9.17) is 0 Å². The van der Waals surface area contributed by atoms with Crippen molar-refractivity contribution in [1.82, 2.24) is 19.6 Å². The second kappa shape index (κ2) is 7.34. The van der Waals surface area contributed by atoms with Gasteiger partial charge in [-0.1, -0.05) is 18.2 Å². The van der Waals surface area contributed by atoms with Crippen molar-refractivity contribution in [3.8, 4) is 11.3 Å². The first-order valence-corrected chi connectivity index (χ1v) is 8.51. The number of alkyl halides is 3. The van der Waals surface area contributed by atoms with Gasteiger partial charge < -0.3 is 10.4 Å². The molecule has 1 unspecified atom stereocenters. The molecule has 0 saturated heterocycles. The molecule has 0 bridgehead atoms. The van der Waals surface area contributed by atoms with Crippen molar-refractivity contribution >= 4 is 11.5 Å². The molecule has 0 spiro atoms. The van der Waals surface area contributed by atoms with Crippen LogP contribution in [-0.4, -0.2) is 24.7 Å². The summed E-state index contributed by atoms with van der Waals surface area (Å²) < 4.78 is 68.0. The summed E-state index contributed by atoms with van der Waals surface area (Å²) in [6.07, 6.45) is -4.27. The number of fused-ring (bicyclic) bond motifs is 1. The molecule has 0 aliphatic carbocycles. The van der Waals surface area contributed by atoms with Crippen molar-refractivity contribution in [2.75, 3.05) is 5.32 Å². The van der Waals surface area contributed by atoms with Crippen LogP contribution in [0.4, 0.5) is 27.8 Å². The van der Waals surface area contributed by atoms with Crippen LogP contribution >= 0.6 is 0 Å². The smallest absolute Gasteiger partial charge is 0.368 e. The predicted octanol–water partition coefficient (Wildman–Crippen LogP) is 4.19. The van der Waals surface area contributed by atoms with Crippen LogP contribution in [0.3, 0.4) is 0 Å². The molecule has 3 heterocycles. The number of anilines is 1. The molecule has 6 nitrogen and oxygen atoms in total. The Labute approximate surface area is 165 Å². The Bertz CT molecular complexity index is 1220. The average molecular weight is 421 g/mol. The van der Waals surface area contributed by atoms with Gasteiger partial charge in [-0.25, -0.2) is 13.8 Å². The lowest BCUT2D eigenvalue weighted by Gasteiger charge is -2.14. The fourth-order valence-electron chi connectivity index (χ4n) is 2.90. The first-order valence-electron chi connectivity index (χ1n) is 8.51. The predicted molar refractivity (Wildman–Crippen MR) is 96.2 cm³/mol. The second-order valence-electron chi connectivity index (χ2n) is 6.24. The number of hydrogen-bond acceptors (Lipinski definition) is 5. The molecule has 4 aromatic rings. The lowest BCUT2D eigenvalue weighted by molar-refractivity contribution is -0.137. The Morgan fingerprint density at radius 1 is 1.00 bits per heavy atom. The normalized spacial score (nSPS) is 12.9. The van der Waals surface area contributed by atoms with E-state index in [1.54, 1.807) is 0 Å². The van der Waals surface area contributed by atoms with Crippen molar-refractivity contribution in [3.63, 3.8) is 0 Å². The number of aliphatic hydroxyl groups excluding tert-OH is 1. The van der Waals surface area contributed by atoms with Gasteiger partial charge in [0.2, 0.25) is 0 Å². The van der Waals surface area contributed by atoms with Crippen LogP contribution in [0, 0.1) is 11.6 Å².